The molecule has 0 aliphatic heterocycles. The van der Waals surface area contributed by atoms with E-state index in [-0.39, 0.29) is 36.5 Å². The molecule has 1 heterocycles. The molecule has 24 heavy (non-hydrogen) atoms. The molecule has 0 saturated heterocycles. The highest BCUT2D eigenvalue weighted by Gasteiger charge is 2.28. The maximum atomic E-state index is 12.6. The Labute approximate surface area is 138 Å². The summed E-state index contributed by atoms with van der Waals surface area (Å²) in [6.45, 7) is 3.08. The zero-order chi connectivity index (χ0) is 17.7. The Kier molecular flexibility index (Phi) is 5.51. The molecule has 2 rings (SSSR count). The van der Waals surface area contributed by atoms with Crippen LogP contribution in [0.1, 0.15) is 36.5 Å². The molecular formula is C16H18N2O6. The third-order valence-corrected chi connectivity index (χ3v) is 3.26. The van der Waals surface area contributed by atoms with Crippen LogP contribution in [0.25, 0.3) is 11.0 Å². The zero-order valence-electron chi connectivity index (χ0n) is 13.7. The molecule has 1 aromatic heterocycles. The van der Waals surface area contributed by atoms with Crippen LogP contribution in [0.15, 0.2) is 18.2 Å². The van der Waals surface area contributed by atoms with Gasteiger partial charge in [0.1, 0.15) is 17.9 Å². The van der Waals surface area contributed by atoms with Crippen LogP contribution in [-0.4, -0.2) is 30.6 Å². The van der Waals surface area contributed by atoms with Crippen molar-refractivity contribution < 1.29 is 28.5 Å². The van der Waals surface area contributed by atoms with Crippen LogP contribution in [0.4, 0.5) is 0 Å². The second kappa shape index (κ2) is 7.58. The van der Waals surface area contributed by atoms with Crippen LogP contribution < -0.4 is 9.47 Å². The first kappa shape index (κ1) is 17.5. The third kappa shape index (κ3) is 3.53. The van der Waals surface area contributed by atoms with E-state index in [1.54, 1.807) is 26.0 Å². The van der Waals surface area contributed by atoms with Gasteiger partial charge in [-0.1, -0.05) is 6.92 Å². The van der Waals surface area contributed by atoms with Gasteiger partial charge in [0, 0.05) is 6.42 Å². The average Bonchev–Trinajstić information content (AvgIpc) is 2.59. The third-order valence-electron chi connectivity index (χ3n) is 3.26. The van der Waals surface area contributed by atoms with E-state index < -0.39 is 11.9 Å². The van der Waals surface area contributed by atoms with E-state index >= 15 is 0 Å². The number of carbonyl (C=O) groups excluding carboxylic acids is 2. The Morgan fingerprint density at radius 2 is 2.00 bits per heavy atom. The summed E-state index contributed by atoms with van der Waals surface area (Å²) in [6.07, 6.45) is 0.177. The van der Waals surface area contributed by atoms with Crippen LogP contribution in [0.2, 0.25) is 0 Å². The molecule has 2 aromatic rings. The Hall–Kier alpha value is -2.90. The molecule has 0 amide bonds. The van der Waals surface area contributed by atoms with Crippen LogP contribution in [-0.2, 0) is 20.9 Å². The smallest absolute Gasteiger partial charge is 0.407 e. The van der Waals surface area contributed by atoms with Crippen molar-refractivity contribution in [2.24, 2.45) is 0 Å². The number of aromatic nitrogens is 2. The monoisotopic (exact) mass is 334 g/mol. The van der Waals surface area contributed by atoms with Gasteiger partial charge >= 0.3 is 17.6 Å². The standard InChI is InChI=1S/C16H18N2O6/c1-4-14(19)24-9-12-15(16(20)23-5-2)18(21)13-8-10(22-3)6-7-11(13)17-12/h6-8H,4-5,9H2,1-3H3. The molecule has 0 unspecified atom stereocenters. The minimum Gasteiger partial charge on any atom is -0.618 e. The topological polar surface area (TPSA) is 102 Å². The van der Waals surface area contributed by atoms with Gasteiger partial charge < -0.3 is 19.4 Å². The lowest BCUT2D eigenvalue weighted by atomic mass is 10.2. The summed E-state index contributed by atoms with van der Waals surface area (Å²) in [4.78, 5) is 27.8. The predicted molar refractivity (Wildman–Crippen MR) is 83.3 cm³/mol. The predicted octanol–water partition coefficient (Wildman–Crippen LogP) is 1.51. The maximum Gasteiger partial charge on any atom is 0.407 e. The second-order valence-corrected chi connectivity index (χ2v) is 4.79. The minimum atomic E-state index is -0.827. The quantitative estimate of drug-likeness (QED) is 0.448. The number of carbonyl (C=O) groups is 2. The zero-order valence-corrected chi connectivity index (χ0v) is 13.7. The number of ether oxygens (including phenoxy) is 3. The SMILES string of the molecule is CCOC(=O)c1c(COC(=O)CC)nc2ccc(OC)cc2[n+]1[O-]. The van der Waals surface area contributed by atoms with Crippen molar-refractivity contribution >= 4 is 23.0 Å². The van der Waals surface area contributed by atoms with E-state index in [4.69, 9.17) is 14.2 Å². The van der Waals surface area contributed by atoms with Crippen LogP contribution >= 0.6 is 0 Å². The highest BCUT2D eigenvalue weighted by Crippen LogP contribution is 2.19. The number of fused-ring (bicyclic) bond motifs is 1. The Morgan fingerprint density at radius 1 is 1.25 bits per heavy atom. The van der Waals surface area contributed by atoms with E-state index in [9.17, 15) is 14.8 Å². The van der Waals surface area contributed by atoms with Gasteiger partial charge in [-0.3, -0.25) is 4.79 Å². The molecular weight excluding hydrogens is 316 g/mol. The number of methoxy groups -OCH3 is 1. The second-order valence-electron chi connectivity index (χ2n) is 4.79. The van der Waals surface area contributed by atoms with Gasteiger partial charge in [0.15, 0.2) is 5.69 Å². The molecule has 128 valence electrons. The Bertz CT molecular complexity index is 775. The fourth-order valence-electron chi connectivity index (χ4n) is 2.08. The van der Waals surface area contributed by atoms with Crippen molar-refractivity contribution in [1.29, 1.82) is 0 Å². The van der Waals surface area contributed by atoms with Crippen LogP contribution in [0.5, 0.6) is 5.75 Å². The fraction of sp³-hybridized carbons (Fsp3) is 0.375. The highest BCUT2D eigenvalue weighted by molar-refractivity contribution is 5.88. The van der Waals surface area contributed by atoms with Crippen molar-refractivity contribution in [3.63, 3.8) is 0 Å². The molecule has 0 radical (unpaired) electrons. The number of rotatable bonds is 6. The lowest BCUT2D eigenvalue weighted by Crippen LogP contribution is -2.39. The largest absolute Gasteiger partial charge is 0.618 e. The van der Waals surface area contributed by atoms with Crippen LogP contribution in [0.3, 0.4) is 0 Å². The van der Waals surface area contributed by atoms with Crippen molar-refractivity contribution in [3.05, 3.63) is 34.8 Å². The van der Waals surface area contributed by atoms with Crippen molar-refractivity contribution in [2.75, 3.05) is 13.7 Å². The average molecular weight is 334 g/mol. The summed E-state index contributed by atoms with van der Waals surface area (Å²) in [7, 11) is 1.47. The van der Waals surface area contributed by atoms with E-state index in [1.165, 1.54) is 13.2 Å². The van der Waals surface area contributed by atoms with E-state index in [0.29, 0.717) is 16.0 Å². The molecule has 0 saturated carbocycles. The van der Waals surface area contributed by atoms with E-state index in [2.05, 4.69) is 4.98 Å². The van der Waals surface area contributed by atoms with Crippen molar-refractivity contribution in [3.8, 4) is 5.75 Å². The number of benzene rings is 1. The molecule has 0 fully saturated rings. The summed E-state index contributed by atoms with van der Waals surface area (Å²) in [5, 5.41) is 12.6. The number of esters is 2. The lowest BCUT2D eigenvalue weighted by Gasteiger charge is -2.12. The maximum absolute atomic E-state index is 12.6. The first-order valence-corrected chi connectivity index (χ1v) is 7.44. The fourth-order valence-corrected chi connectivity index (χ4v) is 2.08. The Morgan fingerprint density at radius 3 is 2.62 bits per heavy atom. The lowest BCUT2D eigenvalue weighted by molar-refractivity contribution is -0.581. The highest BCUT2D eigenvalue weighted by atomic mass is 16.5. The summed E-state index contributed by atoms with van der Waals surface area (Å²) in [6, 6.07) is 4.70. The molecule has 0 atom stereocenters. The van der Waals surface area contributed by atoms with Gasteiger partial charge in [-0.05, 0) is 19.1 Å². The molecule has 1 aromatic carbocycles. The van der Waals surface area contributed by atoms with Gasteiger partial charge in [-0.15, -0.1) is 0 Å². The molecule has 0 aliphatic carbocycles. The summed E-state index contributed by atoms with van der Waals surface area (Å²) >= 11 is 0. The number of hydrogen-bond acceptors (Lipinski definition) is 7. The summed E-state index contributed by atoms with van der Waals surface area (Å²) < 4.78 is 15.4. The molecule has 0 bridgehead atoms. The van der Waals surface area contributed by atoms with Gasteiger partial charge in [-0.25, -0.2) is 9.78 Å². The molecule has 0 aliphatic rings. The first-order chi connectivity index (χ1) is 11.5. The molecule has 0 spiro atoms. The summed E-state index contributed by atoms with van der Waals surface area (Å²) in [5.74, 6) is -0.833. The molecule has 0 N–H and O–H groups in total. The van der Waals surface area contributed by atoms with Crippen molar-refractivity contribution in [2.45, 2.75) is 26.9 Å². The van der Waals surface area contributed by atoms with Crippen molar-refractivity contribution in [1.82, 2.24) is 4.98 Å². The van der Waals surface area contributed by atoms with Gasteiger partial charge in [0.05, 0.1) is 19.8 Å². The molecule has 8 nitrogen and oxygen atoms in total. The Balaban J connectivity index is 2.58. The normalized spacial score (nSPS) is 10.5. The minimum absolute atomic E-state index is 0.0444. The van der Waals surface area contributed by atoms with E-state index in [1.807, 2.05) is 0 Å². The molecule has 8 heteroatoms. The van der Waals surface area contributed by atoms with Gasteiger partial charge in [0.25, 0.3) is 0 Å². The van der Waals surface area contributed by atoms with Crippen LogP contribution in [0, 0.1) is 5.21 Å². The van der Waals surface area contributed by atoms with Gasteiger partial charge in [-0.2, -0.15) is 4.73 Å². The first-order valence-electron chi connectivity index (χ1n) is 7.44. The summed E-state index contributed by atoms with van der Waals surface area (Å²) in [5.41, 5.74) is 0.244. The number of hydrogen-bond donors (Lipinski definition) is 0. The van der Waals surface area contributed by atoms with Gasteiger partial charge in [0.2, 0.25) is 5.52 Å². The number of nitrogens with zero attached hydrogens (tertiary/aromatic N) is 2. The van der Waals surface area contributed by atoms with E-state index in [0.717, 1.165) is 0 Å².